The van der Waals surface area contributed by atoms with Crippen molar-refractivity contribution in [1.82, 2.24) is 9.80 Å². The molecule has 0 spiro atoms. The number of nitrogens with zero attached hydrogens (tertiary/aromatic N) is 2. The summed E-state index contributed by atoms with van der Waals surface area (Å²) in [6.07, 6.45) is 7.88. The summed E-state index contributed by atoms with van der Waals surface area (Å²) in [6.45, 7) is 1.04. The Bertz CT molecular complexity index is 352. The summed E-state index contributed by atoms with van der Waals surface area (Å²) in [4.78, 5) is 14.4. The molecular formula is C11H14Cl2N2O. The molecule has 0 aliphatic carbocycles. The van der Waals surface area contributed by atoms with Crippen molar-refractivity contribution >= 4 is 29.6 Å². The fraction of sp³-hybridized carbons (Fsp3) is 0.545. The zero-order valence-corrected chi connectivity index (χ0v) is 10.6. The topological polar surface area (TPSA) is 23.6 Å². The van der Waals surface area contributed by atoms with Crippen LogP contribution in [0.2, 0.25) is 0 Å². The summed E-state index contributed by atoms with van der Waals surface area (Å²) in [5, 5.41) is 0. The third-order valence-corrected chi connectivity index (χ3v) is 3.82. The molecule has 2 heterocycles. The van der Waals surface area contributed by atoms with E-state index in [4.69, 9.17) is 23.2 Å². The average molecular weight is 261 g/mol. The Morgan fingerprint density at radius 2 is 2.31 bits per heavy atom. The maximum Gasteiger partial charge on any atom is 0.217 e. The first-order valence-corrected chi connectivity index (χ1v) is 6.02. The molecule has 3 nitrogen and oxygen atoms in total. The van der Waals surface area contributed by atoms with Gasteiger partial charge in [0.05, 0.1) is 0 Å². The second kappa shape index (κ2) is 4.40. The highest BCUT2D eigenvalue weighted by Crippen LogP contribution is 2.40. The van der Waals surface area contributed by atoms with Gasteiger partial charge in [0.2, 0.25) is 6.41 Å². The summed E-state index contributed by atoms with van der Waals surface area (Å²) in [5.41, 5.74) is 0.880. The number of amides is 1. The molecule has 0 bridgehead atoms. The zero-order valence-electron chi connectivity index (χ0n) is 9.07. The molecule has 16 heavy (non-hydrogen) atoms. The van der Waals surface area contributed by atoms with E-state index < -0.39 is 4.33 Å². The molecule has 1 amide bonds. The molecule has 0 N–H and O–H groups in total. The number of hydrogen-bond acceptors (Lipinski definition) is 2. The van der Waals surface area contributed by atoms with E-state index in [0.29, 0.717) is 0 Å². The van der Waals surface area contributed by atoms with Gasteiger partial charge in [0.25, 0.3) is 0 Å². The van der Waals surface area contributed by atoms with Gasteiger partial charge in [0.1, 0.15) is 0 Å². The van der Waals surface area contributed by atoms with Crippen molar-refractivity contribution in [2.75, 3.05) is 13.6 Å². The lowest BCUT2D eigenvalue weighted by atomic mass is 10.00. The fourth-order valence-corrected chi connectivity index (χ4v) is 2.70. The molecule has 2 aliphatic heterocycles. The Labute approximate surface area is 105 Å². The van der Waals surface area contributed by atoms with Crippen molar-refractivity contribution in [3.8, 4) is 0 Å². The average Bonchev–Trinajstić information content (AvgIpc) is 2.64. The zero-order chi connectivity index (χ0) is 11.8. The highest BCUT2D eigenvalue weighted by molar-refractivity contribution is 6.52. The highest BCUT2D eigenvalue weighted by Gasteiger charge is 2.38. The Morgan fingerprint density at radius 1 is 1.56 bits per heavy atom. The third-order valence-electron chi connectivity index (χ3n) is 3.13. The van der Waals surface area contributed by atoms with Gasteiger partial charge in [0, 0.05) is 24.0 Å². The fourth-order valence-electron chi connectivity index (χ4n) is 2.24. The van der Waals surface area contributed by atoms with E-state index in [0.717, 1.165) is 31.4 Å². The van der Waals surface area contributed by atoms with E-state index in [-0.39, 0.29) is 6.04 Å². The van der Waals surface area contributed by atoms with E-state index in [2.05, 4.69) is 4.90 Å². The molecule has 0 saturated carbocycles. The lowest BCUT2D eigenvalue weighted by molar-refractivity contribution is -0.114. The molecule has 0 aromatic heterocycles. The maximum atomic E-state index is 10.7. The Morgan fingerprint density at radius 3 is 2.88 bits per heavy atom. The van der Waals surface area contributed by atoms with Crippen molar-refractivity contribution in [3.63, 3.8) is 0 Å². The van der Waals surface area contributed by atoms with Crippen molar-refractivity contribution in [2.24, 2.45) is 0 Å². The first kappa shape index (κ1) is 12.0. The normalized spacial score (nSPS) is 29.3. The van der Waals surface area contributed by atoms with Crippen LogP contribution in [0, 0.1) is 0 Å². The van der Waals surface area contributed by atoms with Gasteiger partial charge in [0.15, 0.2) is 4.33 Å². The molecule has 1 saturated heterocycles. The first-order valence-electron chi connectivity index (χ1n) is 5.27. The van der Waals surface area contributed by atoms with Crippen LogP contribution >= 0.6 is 23.2 Å². The van der Waals surface area contributed by atoms with E-state index in [1.54, 1.807) is 18.5 Å². The molecular weight excluding hydrogens is 247 g/mol. The van der Waals surface area contributed by atoms with Gasteiger partial charge in [-0.1, -0.05) is 23.2 Å². The van der Waals surface area contributed by atoms with Crippen LogP contribution in [-0.2, 0) is 4.79 Å². The minimum absolute atomic E-state index is 0.224. The number of likely N-dealkylation sites (tertiary alicyclic amines) is 1. The number of hydrogen-bond donors (Lipinski definition) is 0. The minimum Gasteiger partial charge on any atom is -0.300 e. The van der Waals surface area contributed by atoms with Gasteiger partial charge in [-0.25, -0.2) is 0 Å². The van der Waals surface area contributed by atoms with Gasteiger partial charge >= 0.3 is 0 Å². The third kappa shape index (κ3) is 2.12. The molecule has 0 aromatic carbocycles. The predicted molar refractivity (Wildman–Crippen MR) is 65.2 cm³/mol. The van der Waals surface area contributed by atoms with E-state index in [1.165, 1.54) is 4.90 Å². The van der Waals surface area contributed by atoms with Gasteiger partial charge in [-0.3, -0.25) is 14.6 Å². The summed E-state index contributed by atoms with van der Waals surface area (Å²) in [6, 6.07) is 0.224. The largest absolute Gasteiger partial charge is 0.300 e. The number of rotatable bonds is 2. The number of carbonyl (C=O) groups is 1. The summed E-state index contributed by atoms with van der Waals surface area (Å²) in [7, 11) is 2.05. The van der Waals surface area contributed by atoms with Crippen LogP contribution in [-0.4, -0.2) is 40.2 Å². The van der Waals surface area contributed by atoms with Crippen molar-refractivity contribution < 1.29 is 4.79 Å². The van der Waals surface area contributed by atoms with Crippen LogP contribution in [0.5, 0.6) is 0 Å². The Balaban J connectivity index is 2.28. The number of alkyl halides is 2. The van der Waals surface area contributed by atoms with E-state index >= 15 is 0 Å². The minimum atomic E-state index is -0.997. The predicted octanol–water partition coefficient (Wildman–Crippen LogP) is 2.12. The first-order chi connectivity index (χ1) is 7.54. The Kier molecular flexibility index (Phi) is 3.29. The lowest BCUT2D eigenvalue weighted by Crippen LogP contribution is -2.36. The molecule has 0 radical (unpaired) electrons. The number of halogens is 2. The van der Waals surface area contributed by atoms with Crippen molar-refractivity contribution in [2.45, 2.75) is 23.2 Å². The van der Waals surface area contributed by atoms with Crippen LogP contribution in [0.1, 0.15) is 12.8 Å². The van der Waals surface area contributed by atoms with Gasteiger partial charge in [-0.05, 0) is 32.5 Å². The summed E-state index contributed by atoms with van der Waals surface area (Å²) >= 11 is 12.5. The van der Waals surface area contributed by atoms with Crippen LogP contribution in [0.25, 0.3) is 0 Å². The Hall–Kier alpha value is -0.510. The van der Waals surface area contributed by atoms with Gasteiger partial charge in [-0.2, -0.15) is 0 Å². The number of likely N-dealkylation sites (N-methyl/N-ethyl adjacent to an activating group) is 1. The molecule has 2 aliphatic rings. The van der Waals surface area contributed by atoms with Gasteiger partial charge in [-0.15, -0.1) is 0 Å². The monoisotopic (exact) mass is 260 g/mol. The summed E-state index contributed by atoms with van der Waals surface area (Å²) in [5.74, 6) is 0. The second-order valence-electron chi connectivity index (χ2n) is 4.21. The molecule has 1 atom stereocenters. The molecule has 0 aromatic rings. The molecule has 88 valence electrons. The lowest BCUT2D eigenvalue weighted by Gasteiger charge is -2.32. The summed E-state index contributed by atoms with van der Waals surface area (Å²) < 4.78 is -0.997. The standard InChI is InChI=1S/C11H14Cl2N2O/c1-14-5-2-3-10(14)9-7-15(8-16)6-4-11(9,12)13/h4,6-8,10H,2-3,5H2,1H3. The highest BCUT2D eigenvalue weighted by atomic mass is 35.5. The van der Waals surface area contributed by atoms with Crippen LogP contribution in [0.3, 0.4) is 0 Å². The van der Waals surface area contributed by atoms with Crippen molar-refractivity contribution in [3.05, 3.63) is 24.0 Å². The van der Waals surface area contributed by atoms with Crippen molar-refractivity contribution in [1.29, 1.82) is 0 Å². The van der Waals surface area contributed by atoms with Crippen LogP contribution in [0.15, 0.2) is 24.0 Å². The molecule has 5 heteroatoms. The van der Waals surface area contributed by atoms with Crippen LogP contribution < -0.4 is 0 Å². The maximum absolute atomic E-state index is 10.7. The SMILES string of the molecule is CN1CCCC1C1=CN(C=O)C=CC1(Cl)Cl. The molecule has 2 rings (SSSR count). The van der Waals surface area contributed by atoms with E-state index in [1.807, 2.05) is 7.05 Å². The second-order valence-corrected chi connectivity index (χ2v) is 5.60. The van der Waals surface area contributed by atoms with Crippen LogP contribution in [0.4, 0.5) is 0 Å². The van der Waals surface area contributed by atoms with E-state index in [9.17, 15) is 4.79 Å². The quantitative estimate of drug-likeness (QED) is 0.561. The smallest absolute Gasteiger partial charge is 0.217 e. The number of carbonyl (C=O) groups excluding carboxylic acids is 1. The number of allylic oxidation sites excluding steroid dienone is 1. The molecule has 1 fully saturated rings. The molecule has 1 unspecified atom stereocenters. The van der Waals surface area contributed by atoms with Gasteiger partial charge < -0.3 is 0 Å².